The number of carbonyl (C=O) groups is 1. The van der Waals surface area contributed by atoms with Crippen molar-refractivity contribution in [3.63, 3.8) is 0 Å². The van der Waals surface area contributed by atoms with E-state index in [0.717, 1.165) is 65.5 Å². The normalized spacial score (nSPS) is 34.6. The maximum atomic E-state index is 11.3. The molecule has 0 amide bonds. The van der Waals surface area contributed by atoms with Crippen LogP contribution in [-0.4, -0.2) is 103 Å². The second-order valence-corrected chi connectivity index (χ2v) is 10.8. The van der Waals surface area contributed by atoms with Crippen LogP contribution < -0.4 is 0 Å². The van der Waals surface area contributed by atoms with Crippen molar-refractivity contribution in [3.8, 4) is 0 Å². The Morgan fingerprint density at radius 1 is 1.06 bits per heavy atom. The van der Waals surface area contributed by atoms with E-state index in [4.69, 9.17) is 9.47 Å². The molecule has 0 aromatic carbocycles. The van der Waals surface area contributed by atoms with E-state index in [-0.39, 0.29) is 5.54 Å². The minimum absolute atomic E-state index is 0.261. The lowest BCUT2D eigenvalue weighted by molar-refractivity contribution is -0.117. The third kappa shape index (κ3) is 6.19. The van der Waals surface area contributed by atoms with E-state index < -0.39 is 0 Å². The van der Waals surface area contributed by atoms with Crippen LogP contribution in [0.2, 0.25) is 0 Å². The molecule has 3 unspecified atom stereocenters. The molecule has 5 aliphatic heterocycles. The highest BCUT2D eigenvalue weighted by molar-refractivity contribution is 5.84. The molecular weight excluding hydrogens is 414 g/mol. The highest BCUT2D eigenvalue weighted by atomic mass is 16.5. The van der Waals surface area contributed by atoms with E-state index in [1.54, 1.807) is 0 Å². The number of rotatable bonds is 6. The van der Waals surface area contributed by atoms with Crippen molar-refractivity contribution in [1.29, 1.82) is 0 Å². The Morgan fingerprint density at radius 3 is 2.39 bits per heavy atom. The van der Waals surface area contributed by atoms with Gasteiger partial charge in [0.25, 0.3) is 0 Å². The average Bonchev–Trinajstić information content (AvgIpc) is 3.55. The fourth-order valence-electron chi connectivity index (χ4n) is 6.94. The highest BCUT2D eigenvalue weighted by Crippen LogP contribution is 2.43. The summed E-state index contributed by atoms with van der Waals surface area (Å²) < 4.78 is 11.5. The third-order valence-electron chi connectivity index (χ3n) is 8.91. The van der Waals surface area contributed by atoms with Crippen LogP contribution in [0.5, 0.6) is 0 Å². The Hall–Kier alpha value is -0.530. The van der Waals surface area contributed by atoms with Gasteiger partial charge in [-0.1, -0.05) is 34.6 Å². The van der Waals surface area contributed by atoms with Crippen molar-refractivity contribution < 1.29 is 14.3 Å². The fourth-order valence-corrected chi connectivity index (χ4v) is 6.94. The van der Waals surface area contributed by atoms with Gasteiger partial charge in [0.1, 0.15) is 5.78 Å². The molecule has 0 spiro atoms. The summed E-state index contributed by atoms with van der Waals surface area (Å²) in [5.41, 5.74) is 0.751. The molecule has 0 bridgehead atoms. The Morgan fingerprint density at radius 2 is 1.76 bits per heavy atom. The van der Waals surface area contributed by atoms with Crippen LogP contribution in [0.15, 0.2) is 0 Å². The van der Waals surface area contributed by atoms with Gasteiger partial charge in [-0.25, -0.2) is 0 Å². The number of nitrogens with zero attached hydrogens (tertiary/aromatic N) is 3. The summed E-state index contributed by atoms with van der Waals surface area (Å²) in [6.45, 7) is 21.0. The largest absolute Gasteiger partial charge is 0.379 e. The van der Waals surface area contributed by atoms with Crippen LogP contribution in [0, 0.1) is 5.92 Å². The maximum Gasteiger partial charge on any atom is 0.148 e. The van der Waals surface area contributed by atoms with Crippen LogP contribution in [0.4, 0.5) is 0 Å². The number of hydrogen-bond acceptors (Lipinski definition) is 6. The van der Waals surface area contributed by atoms with Crippen LogP contribution in [0.25, 0.3) is 0 Å². The monoisotopic (exact) mass is 465 g/mol. The molecule has 5 saturated heterocycles. The predicted molar refractivity (Wildman–Crippen MR) is 135 cm³/mol. The summed E-state index contributed by atoms with van der Waals surface area (Å²) >= 11 is 0. The number of hydrogen-bond donors (Lipinski definition) is 0. The lowest BCUT2D eigenvalue weighted by Crippen LogP contribution is -2.42. The third-order valence-corrected chi connectivity index (χ3v) is 8.91. The van der Waals surface area contributed by atoms with Gasteiger partial charge in [0.2, 0.25) is 0 Å². The van der Waals surface area contributed by atoms with Crippen LogP contribution in [0.3, 0.4) is 0 Å². The molecule has 33 heavy (non-hydrogen) atoms. The van der Waals surface area contributed by atoms with Crippen molar-refractivity contribution >= 4 is 5.78 Å². The number of Topliss-reactive ketones (excluding diaryl/α,β-unsaturated/α-hetero) is 1. The zero-order valence-corrected chi connectivity index (χ0v) is 22.2. The van der Waals surface area contributed by atoms with Gasteiger partial charge in [-0.2, -0.15) is 0 Å². The summed E-state index contributed by atoms with van der Waals surface area (Å²) in [6.07, 6.45) is 9.11. The lowest BCUT2D eigenvalue weighted by Gasteiger charge is -2.35. The van der Waals surface area contributed by atoms with Gasteiger partial charge < -0.3 is 9.47 Å². The first-order chi connectivity index (χ1) is 16.0. The second kappa shape index (κ2) is 12.4. The van der Waals surface area contributed by atoms with Crippen molar-refractivity contribution in [2.75, 3.05) is 65.6 Å². The van der Waals surface area contributed by atoms with Gasteiger partial charge in [0, 0.05) is 43.7 Å². The van der Waals surface area contributed by atoms with Gasteiger partial charge in [0.05, 0.1) is 32.5 Å². The molecule has 192 valence electrons. The van der Waals surface area contributed by atoms with E-state index in [1.165, 1.54) is 45.1 Å². The van der Waals surface area contributed by atoms with Crippen LogP contribution in [0.1, 0.15) is 79.6 Å². The second-order valence-electron chi connectivity index (χ2n) is 10.8. The average molecular weight is 466 g/mol. The van der Waals surface area contributed by atoms with Crippen LogP contribution >= 0.6 is 0 Å². The fraction of sp³-hybridized carbons (Fsp3) is 0.963. The number of ether oxygens (including phenoxy) is 2. The van der Waals surface area contributed by atoms with Crippen molar-refractivity contribution in [1.82, 2.24) is 14.7 Å². The molecule has 0 aromatic heterocycles. The van der Waals surface area contributed by atoms with Gasteiger partial charge in [-0.15, -0.1) is 0 Å². The van der Waals surface area contributed by atoms with Crippen molar-refractivity contribution in [2.45, 2.75) is 96.7 Å². The molecule has 0 radical (unpaired) electrons. The molecule has 5 aliphatic rings. The molecule has 6 nitrogen and oxygen atoms in total. The molecule has 6 heteroatoms. The van der Waals surface area contributed by atoms with Crippen molar-refractivity contribution in [3.05, 3.63) is 0 Å². The molecular formula is C27H51N3O3. The summed E-state index contributed by atoms with van der Waals surface area (Å²) in [6, 6.07) is 0. The Bertz CT molecular complexity index is 609. The topological polar surface area (TPSA) is 45.2 Å². The van der Waals surface area contributed by atoms with Gasteiger partial charge in [0.15, 0.2) is 0 Å². The first kappa shape index (κ1) is 27.1. The summed E-state index contributed by atoms with van der Waals surface area (Å²) in [4.78, 5) is 18.9. The Labute approximate surface area is 203 Å². The number of carbonyl (C=O) groups excluding carboxylic acids is 1. The van der Waals surface area contributed by atoms with Crippen molar-refractivity contribution in [2.24, 2.45) is 5.92 Å². The number of ketones is 1. The molecule has 5 rings (SSSR count). The molecule has 5 fully saturated rings. The van der Waals surface area contributed by atoms with E-state index in [0.29, 0.717) is 23.3 Å². The summed E-state index contributed by atoms with van der Waals surface area (Å²) in [5.74, 6) is 1.08. The van der Waals surface area contributed by atoms with E-state index in [1.807, 2.05) is 13.8 Å². The molecule has 3 atom stereocenters. The predicted octanol–water partition coefficient (Wildman–Crippen LogP) is 3.83. The molecule has 5 heterocycles. The number of morpholine rings is 1. The van der Waals surface area contributed by atoms with Crippen LogP contribution in [-0.2, 0) is 14.3 Å². The standard InChI is InChI=1S/C15H28N2O2.C10H17NO.C2H6/c1-2-15-4-3-5-17(15)13-14(12-15)19-11-8-16-6-9-18-10-7-16;1-8(2)10-4-3-5-11(10)7-9(12)6-10;1-2/h14H,2-13H2,1H3;8H,3-7H2,1-2H3;1-2H3. The first-order valence-corrected chi connectivity index (χ1v) is 13.9. The number of fused-ring (bicyclic) bond motifs is 2. The molecule has 0 aliphatic carbocycles. The lowest BCUT2D eigenvalue weighted by atomic mass is 9.82. The van der Waals surface area contributed by atoms with E-state index in [2.05, 4.69) is 35.5 Å². The molecule has 0 N–H and O–H groups in total. The van der Waals surface area contributed by atoms with Gasteiger partial charge in [-0.3, -0.25) is 19.5 Å². The zero-order chi connectivity index (χ0) is 23.9. The van der Waals surface area contributed by atoms with E-state index >= 15 is 0 Å². The summed E-state index contributed by atoms with van der Waals surface area (Å²) in [7, 11) is 0. The minimum atomic E-state index is 0.261. The molecule has 0 aromatic rings. The Kier molecular flexibility index (Phi) is 10.2. The Balaban J connectivity index is 0.000000188. The highest BCUT2D eigenvalue weighted by Gasteiger charge is 2.49. The maximum absolute atomic E-state index is 11.3. The van der Waals surface area contributed by atoms with Gasteiger partial charge in [-0.05, 0) is 57.5 Å². The zero-order valence-electron chi connectivity index (χ0n) is 22.2. The van der Waals surface area contributed by atoms with E-state index in [9.17, 15) is 4.79 Å². The van der Waals surface area contributed by atoms with Gasteiger partial charge >= 0.3 is 0 Å². The smallest absolute Gasteiger partial charge is 0.148 e. The SMILES string of the molecule is CC.CC(C)C12CCCN1CC(=O)C2.CCC12CCCN1CC(OCCN1CCOCC1)C2. The minimum Gasteiger partial charge on any atom is -0.379 e. The first-order valence-electron chi connectivity index (χ1n) is 13.9. The molecule has 0 saturated carbocycles. The quantitative estimate of drug-likeness (QED) is 0.594. The summed E-state index contributed by atoms with van der Waals surface area (Å²) in [5, 5.41) is 0.